The average Bonchev–Trinajstić information content (AvgIpc) is 3.33. The van der Waals surface area contributed by atoms with Crippen molar-refractivity contribution in [2.75, 3.05) is 6.79 Å². The van der Waals surface area contributed by atoms with Gasteiger partial charge in [0.15, 0.2) is 0 Å². The Morgan fingerprint density at radius 1 is 0.378 bits per heavy atom. The van der Waals surface area contributed by atoms with Crippen molar-refractivity contribution >= 4 is 66.0 Å². The zero-order chi connectivity index (χ0) is 31.4. The Labute approximate surface area is 300 Å². The average molecular weight is 1030 g/mol. The molecular weight excluding hydrogens is 1000 g/mol. The van der Waals surface area contributed by atoms with Crippen LogP contribution >= 0.6 is 34.2 Å². The van der Waals surface area contributed by atoms with Crippen molar-refractivity contribution in [3.63, 3.8) is 0 Å². The molecule has 6 aromatic rings. The molecule has 0 saturated carbocycles. The van der Waals surface area contributed by atoms with Gasteiger partial charge < -0.3 is 9.47 Å². The Balaban J connectivity index is 0.000000963. The Hall–Kier alpha value is -2.16. The van der Waals surface area contributed by atoms with Gasteiger partial charge in [0, 0.05) is 11.1 Å². The van der Waals surface area contributed by atoms with Crippen LogP contribution in [0.3, 0.4) is 0 Å². The molecule has 0 unspecified atom stereocenters. The third-order valence-electron chi connectivity index (χ3n) is 7.23. The van der Waals surface area contributed by atoms with Gasteiger partial charge in [0.05, 0.1) is 0 Å². The minimum Gasteiger partial charge on any atom is -0.457 e. The van der Waals surface area contributed by atoms with Crippen LogP contribution < -0.4 is 41.3 Å². The van der Waals surface area contributed by atoms with E-state index >= 15 is 0 Å². The summed E-state index contributed by atoms with van der Waals surface area (Å²) in [6.07, 6.45) is 0. The maximum Gasteiger partial charge on any atom is 0.230 e. The fourth-order valence-corrected chi connectivity index (χ4v) is 10.4. The van der Waals surface area contributed by atoms with E-state index in [9.17, 15) is 0 Å². The first-order valence-corrected chi connectivity index (χ1v) is 22.0. The van der Waals surface area contributed by atoms with Gasteiger partial charge in [-0.3, -0.25) is 0 Å². The van der Waals surface area contributed by atoms with E-state index in [2.05, 4.69) is 176 Å². The number of hydrogen-bond acceptors (Lipinski definition) is 2. The quantitative estimate of drug-likeness (QED) is 0.125. The van der Waals surface area contributed by atoms with Crippen molar-refractivity contribution < 1.29 is 49.4 Å². The van der Waals surface area contributed by atoms with Crippen LogP contribution in [0.25, 0.3) is 11.1 Å². The van der Waals surface area contributed by atoms with Gasteiger partial charge in [0.25, 0.3) is 0 Å². The van der Waals surface area contributed by atoms with Gasteiger partial charge in [-0.05, 0) is 59.8 Å². The number of halogens is 2. The Kier molecular flexibility index (Phi) is 13.4. The standard InChI is InChI=1S/C37H28O2P2.2Au.2ClH/c1-5-15-28(16-6-1)40(29-17-7-2-8-18-29)34-25-13-23-32-36(34)37-33(39-27-38-32)24-14-26-35(37)41(30-19-9-3-10-20-30)31-21-11-4-12-22-31;;;;/h1-26H,27H2;;;2*1H/q;2*+1;;/p-2. The van der Waals surface area contributed by atoms with Gasteiger partial charge in [0.1, 0.15) is 11.5 Å². The molecule has 0 radical (unpaired) electrons. The number of fused-ring (bicyclic) bond motifs is 3. The van der Waals surface area contributed by atoms with Gasteiger partial charge in [-0.1, -0.05) is 146 Å². The Morgan fingerprint density at radius 3 is 0.956 bits per heavy atom. The first kappa shape index (κ1) is 34.2. The van der Waals surface area contributed by atoms with Crippen LogP contribution in [0.4, 0.5) is 0 Å². The maximum absolute atomic E-state index is 6.34. The molecule has 1 heterocycles. The summed E-state index contributed by atoms with van der Waals surface area (Å²) in [6.45, 7) is 0.177. The smallest absolute Gasteiger partial charge is 0.230 e. The zero-order valence-corrected chi connectivity index (χ0v) is 31.4. The predicted molar refractivity (Wildman–Crippen MR) is 187 cm³/mol. The SMILES string of the molecule is [Cl][Au].[Cl][Au].c1ccc(P(c2ccccc2)c2cccc3c2-c2c(cccc2P(c2ccccc2)c2ccccc2)OCO3)cc1. The molecule has 0 atom stereocenters. The molecule has 7 rings (SSSR count). The van der Waals surface area contributed by atoms with Crippen molar-refractivity contribution in [1.82, 2.24) is 0 Å². The molecule has 0 spiro atoms. The largest absolute Gasteiger partial charge is 0.457 e. The molecule has 0 N–H and O–H groups in total. The summed E-state index contributed by atoms with van der Waals surface area (Å²) in [5.74, 6) is 1.73. The molecule has 45 heavy (non-hydrogen) atoms. The van der Waals surface area contributed by atoms with E-state index in [1.807, 2.05) is 0 Å². The van der Waals surface area contributed by atoms with Crippen molar-refractivity contribution in [1.29, 1.82) is 0 Å². The second-order valence-corrected chi connectivity index (χ2v) is 14.1. The van der Waals surface area contributed by atoms with Gasteiger partial charge in [-0.2, -0.15) is 0 Å². The van der Waals surface area contributed by atoms with E-state index in [4.69, 9.17) is 9.47 Å². The maximum atomic E-state index is 6.34. The minimum absolute atomic E-state index is 0.177. The predicted octanol–water partition coefficient (Wildman–Crippen LogP) is 7.97. The molecule has 8 heteroatoms. The summed E-state index contributed by atoms with van der Waals surface area (Å²) in [7, 11) is 7.44. The molecule has 234 valence electrons. The monoisotopic (exact) mass is 1030 g/mol. The van der Waals surface area contributed by atoms with Crippen LogP contribution in [0.2, 0.25) is 0 Å². The van der Waals surface area contributed by atoms with Crippen LogP contribution in [0.15, 0.2) is 158 Å². The van der Waals surface area contributed by atoms with E-state index in [1.54, 1.807) is 40.0 Å². The van der Waals surface area contributed by atoms with Crippen LogP contribution in [0.5, 0.6) is 11.5 Å². The molecule has 6 aromatic carbocycles. The van der Waals surface area contributed by atoms with E-state index < -0.39 is 15.8 Å². The molecule has 0 bridgehead atoms. The van der Waals surface area contributed by atoms with Crippen LogP contribution in [-0.4, -0.2) is 6.79 Å². The second kappa shape index (κ2) is 17.7. The van der Waals surface area contributed by atoms with Crippen LogP contribution in [-0.2, 0) is 40.0 Å². The third-order valence-corrected chi connectivity index (χ3v) is 12.2. The fourth-order valence-electron chi connectivity index (χ4n) is 5.47. The first-order valence-electron chi connectivity index (χ1n) is 13.9. The topological polar surface area (TPSA) is 18.5 Å². The molecule has 2 nitrogen and oxygen atoms in total. The van der Waals surface area contributed by atoms with E-state index in [-0.39, 0.29) is 6.79 Å². The minimum atomic E-state index is -0.865. The number of benzene rings is 6. The third kappa shape index (κ3) is 7.87. The molecule has 1 aliphatic rings. The Bertz CT molecular complexity index is 1570. The first-order chi connectivity index (χ1) is 22.4. The summed E-state index contributed by atoms with van der Waals surface area (Å²) in [6, 6.07) is 56.4. The van der Waals surface area contributed by atoms with Crippen molar-refractivity contribution in [2.24, 2.45) is 0 Å². The molecule has 1 aliphatic heterocycles. The van der Waals surface area contributed by atoms with Gasteiger partial charge in [-0.25, -0.2) is 0 Å². The summed E-state index contributed by atoms with van der Waals surface area (Å²) in [5.41, 5.74) is 2.27. The molecule has 0 saturated heterocycles. The van der Waals surface area contributed by atoms with E-state index in [0.717, 1.165) is 22.6 Å². The van der Waals surface area contributed by atoms with Crippen molar-refractivity contribution in [2.45, 2.75) is 0 Å². The summed E-state index contributed by atoms with van der Waals surface area (Å²) in [5, 5.41) is 7.76. The number of rotatable bonds is 6. The molecule has 0 aliphatic carbocycles. The Morgan fingerprint density at radius 2 is 0.667 bits per heavy atom. The van der Waals surface area contributed by atoms with Gasteiger partial charge >= 0.3 is 58.4 Å². The number of hydrogen-bond donors (Lipinski definition) is 0. The summed E-state index contributed by atoms with van der Waals surface area (Å²) >= 11 is 3.50. The second-order valence-electron chi connectivity index (χ2n) is 9.72. The van der Waals surface area contributed by atoms with Crippen LogP contribution in [0.1, 0.15) is 0 Å². The van der Waals surface area contributed by atoms with Crippen molar-refractivity contribution in [3.8, 4) is 22.6 Å². The molecule has 0 amide bonds. The summed E-state index contributed by atoms with van der Waals surface area (Å²) < 4.78 is 12.7. The van der Waals surface area contributed by atoms with Crippen molar-refractivity contribution in [3.05, 3.63) is 158 Å². The van der Waals surface area contributed by atoms with Crippen LogP contribution in [0, 0.1) is 0 Å². The van der Waals surface area contributed by atoms with E-state index in [0.29, 0.717) is 0 Å². The molecular formula is C37H28Au2Cl2O2P2. The molecule has 0 aromatic heterocycles. The van der Waals surface area contributed by atoms with Gasteiger partial charge in [0.2, 0.25) is 6.79 Å². The zero-order valence-electron chi connectivity index (χ0n) is 23.8. The normalized spacial score (nSPS) is 11.4. The number of ether oxygens (including phenoxy) is 2. The van der Waals surface area contributed by atoms with Gasteiger partial charge in [-0.15, -0.1) is 0 Å². The fraction of sp³-hybridized carbons (Fsp3) is 0.0270. The molecule has 0 fully saturated rings. The summed E-state index contributed by atoms with van der Waals surface area (Å²) in [4.78, 5) is 0. The van der Waals surface area contributed by atoms with E-state index in [1.165, 1.54) is 31.8 Å².